The maximum Gasteiger partial charge on any atom is 0.164 e. The van der Waals surface area contributed by atoms with Crippen LogP contribution in [0.4, 0.5) is 4.39 Å². The second-order valence-electron chi connectivity index (χ2n) is 3.48. The topological polar surface area (TPSA) is 46.2 Å². The zero-order chi connectivity index (χ0) is 10.0. The number of phenols is 1. The molecular formula is C10H15ClFNO. The first-order valence-electron chi connectivity index (χ1n) is 4.26. The van der Waals surface area contributed by atoms with Crippen LogP contribution in [0.15, 0.2) is 18.2 Å². The van der Waals surface area contributed by atoms with Gasteiger partial charge in [0.2, 0.25) is 0 Å². The molecular weight excluding hydrogens is 205 g/mol. The lowest BCUT2D eigenvalue weighted by Gasteiger charge is -2.15. The van der Waals surface area contributed by atoms with Crippen LogP contribution in [-0.2, 0) is 0 Å². The Kier molecular flexibility index (Phi) is 4.88. The van der Waals surface area contributed by atoms with Gasteiger partial charge in [0, 0.05) is 6.04 Å². The first kappa shape index (κ1) is 13.2. The summed E-state index contributed by atoms with van der Waals surface area (Å²) in [5.74, 6) is -0.682. The highest BCUT2D eigenvalue weighted by Gasteiger charge is 2.11. The van der Waals surface area contributed by atoms with Crippen molar-refractivity contribution in [2.45, 2.75) is 19.9 Å². The average Bonchev–Trinajstić information content (AvgIpc) is 2.08. The molecule has 0 unspecified atom stereocenters. The van der Waals surface area contributed by atoms with Crippen molar-refractivity contribution in [2.75, 3.05) is 0 Å². The highest BCUT2D eigenvalue weighted by atomic mass is 35.5. The molecule has 0 aliphatic carbocycles. The van der Waals surface area contributed by atoms with Gasteiger partial charge in [0.05, 0.1) is 0 Å². The summed E-state index contributed by atoms with van der Waals surface area (Å²) in [6.45, 7) is 3.95. The summed E-state index contributed by atoms with van der Waals surface area (Å²) in [5, 5.41) is 9.10. The number of rotatable bonds is 2. The van der Waals surface area contributed by atoms with E-state index in [2.05, 4.69) is 0 Å². The summed E-state index contributed by atoms with van der Waals surface area (Å²) >= 11 is 0. The number of nitrogens with two attached hydrogens (primary N) is 1. The number of phenolic OH excluding ortho intramolecular Hbond substituents is 1. The van der Waals surface area contributed by atoms with E-state index in [9.17, 15) is 4.39 Å². The van der Waals surface area contributed by atoms with E-state index >= 15 is 0 Å². The monoisotopic (exact) mass is 219 g/mol. The highest BCUT2D eigenvalue weighted by molar-refractivity contribution is 5.85. The van der Waals surface area contributed by atoms with Crippen LogP contribution in [0.5, 0.6) is 5.75 Å². The molecule has 4 heteroatoms. The number of halogens is 2. The lowest BCUT2D eigenvalue weighted by atomic mass is 9.97. The molecule has 0 amide bonds. The van der Waals surface area contributed by atoms with Crippen molar-refractivity contribution in [2.24, 2.45) is 11.7 Å². The Morgan fingerprint density at radius 3 is 2.36 bits per heavy atom. The number of benzene rings is 1. The molecule has 2 nitrogen and oxygen atoms in total. The standard InChI is InChI=1S/C10H14FNO.ClH/c1-6(2)10(12)7-3-4-8(11)9(13)5-7;/h3-6,10,13H,12H2,1-2H3;1H/t10-;/m1./s1. The molecule has 0 aromatic heterocycles. The van der Waals surface area contributed by atoms with Gasteiger partial charge in [-0.25, -0.2) is 4.39 Å². The molecule has 0 aliphatic rings. The zero-order valence-corrected chi connectivity index (χ0v) is 9.01. The smallest absolute Gasteiger partial charge is 0.164 e. The van der Waals surface area contributed by atoms with E-state index in [0.717, 1.165) is 5.56 Å². The third-order valence-corrected chi connectivity index (χ3v) is 2.07. The Bertz CT molecular complexity index is 304. The lowest BCUT2D eigenvalue weighted by molar-refractivity contribution is 0.428. The minimum Gasteiger partial charge on any atom is -0.505 e. The Balaban J connectivity index is 0.00000169. The number of aromatic hydroxyl groups is 1. The summed E-state index contributed by atoms with van der Waals surface area (Å²) in [5.41, 5.74) is 6.58. The van der Waals surface area contributed by atoms with Crippen molar-refractivity contribution in [1.82, 2.24) is 0 Å². The van der Waals surface area contributed by atoms with E-state index in [1.165, 1.54) is 12.1 Å². The van der Waals surface area contributed by atoms with Crippen LogP contribution in [0.1, 0.15) is 25.5 Å². The fourth-order valence-corrected chi connectivity index (χ4v) is 1.12. The number of hydrogen-bond acceptors (Lipinski definition) is 2. The molecule has 3 N–H and O–H groups in total. The van der Waals surface area contributed by atoms with Gasteiger partial charge in [-0.2, -0.15) is 0 Å². The third kappa shape index (κ3) is 2.86. The van der Waals surface area contributed by atoms with Crippen LogP contribution in [0.3, 0.4) is 0 Å². The minimum absolute atomic E-state index is 0. The average molecular weight is 220 g/mol. The van der Waals surface area contributed by atoms with Gasteiger partial charge in [0.25, 0.3) is 0 Å². The normalized spacial score (nSPS) is 12.4. The third-order valence-electron chi connectivity index (χ3n) is 2.07. The van der Waals surface area contributed by atoms with E-state index < -0.39 is 5.82 Å². The Labute approximate surface area is 89.3 Å². The molecule has 0 aliphatic heterocycles. The van der Waals surface area contributed by atoms with E-state index in [1.54, 1.807) is 6.07 Å². The van der Waals surface area contributed by atoms with Crippen LogP contribution in [0.25, 0.3) is 0 Å². The highest BCUT2D eigenvalue weighted by Crippen LogP contribution is 2.24. The molecule has 80 valence electrons. The van der Waals surface area contributed by atoms with Crippen molar-refractivity contribution in [1.29, 1.82) is 0 Å². The second-order valence-corrected chi connectivity index (χ2v) is 3.48. The Hall–Kier alpha value is -0.800. The maximum atomic E-state index is 12.7. The van der Waals surface area contributed by atoms with Gasteiger partial charge in [0.15, 0.2) is 11.6 Å². The van der Waals surface area contributed by atoms with E-state index in [1.807, 2.05) is 13.8 Å². The first-order chi connectivity index (χ1) is 6.02. The minimum atomic E-state index is -0.611. The molecule has 0 fully saturated rings. The number of hydrogen-bond donors (Lipinski definition) is 2. The van der Waals surface area contributed by atoms with Gasteiger partial charge >= 0.3 is 0 Å². The van der Waals surface area contributed by atoms with Gasteiger partial charge in [-0.1, -0.05) is 19.9 Å². The maximum absolute atomic E-state index is 12.7. The van der Waals surface area contributed by atoms with Crippen LogP contribution in [0, 0.1) is 11.7 Å². The lowest BCUT2D eigenvalue weighted by Crippen LogP contribution is -2.16. The van der Waals surface area contributed by atoms with Gasteiger partial charge < -0.3 is 10.8 Å². The Morgan fingerprint density at radius 1 is 1.36 bits per heavy atom. The Morgan fingerprint density at radius 2 is 1.93 bits per heavy atom. The van der Waals surface area contributed by atoms with Crippen LogP contribution >= 0.6 is 12.4 Å². The van der Waals surface area contributed by atoms with Crippen molar-refractivity contribution >= 4 is 12.4 Å². The van der Waals surface area contributed by atoms with Crippen molar-refractivity contribution < 1.29 is 9.50 Å². The molecule has 0 heterocycles. The summed E-state index contributed by atoms with van der Waals surface area (Å²) < 4.78 is 12.7. The van der Waals surface area contributed by atoms with Crippen LogP contribution in [0.2, 0.25) is 0 Å². The van der Waals surface area contributed by atoms with Crippen LogP contribution < -0.4 is 5.73 Å². The molecule has 14 heavy (non-hydrogen) atoms. The quantitative estimate of drug-likeness (QED) is 0.803. The van der Waals surface area contributed by atoms with Gasteiger partial charge in [0.1, 0.15) is 0 Å². The summed E-state index contributed by atoms with van der Waals surface area (Å²) in [6, 6.07) is 4.04. The van der Waals surface area contributed by atoms with E-state index in [-0.39, 0.29) is 30.1 Å². The summed E-state index contributed by atoms with van der Waals surface area (Å²) in [6.07, 6.45) is 0. The van der Waals surface area contributed by atoms with Crippen molar-refractivity contribution in [3.63, 3.8) is 0 Å². The predicted molar refractivity (Wildman–Crippen MR) is 57.1 cm³/mol. The van der Waals surface area contributed by atoms with E-state index in [4.69, 9.17) is 10.8 Å². The molecule has 1 aromatic carbocycles. The molecule has 0 saturated heterocycles. The fourth-order valence-electron chi connectivity index (χ4n) is 1.12. The van der Waals surface area contributed by atoms with E-state index in [0.29, 0.717) is 0 Å². The predicted octanol–water partition coefficient (Wildman–Crippen LogP) is 2.61. The molecule has 0 saturated carbocycles. The van der Waals surface area contributed by atoms with Crippen molar-refractivity contribution in [3.8, 4) is 5.75 Å². The summed E-state index contributed by atoms with van der Waals surface area (Å²) in [7, 11) is 0. The molecule has 0 radical (unpaired) electrons. The van der Waals surface area contributed by atoms with Crippen molar-refractivity contribution in [3.05, 3.63) is 29.6 Å². The zero-order valence-electron chi connectivity index (χ0n) is 8.20. The molecule has 1 aromatic rings. The molecule has 1 atom stereocenters. The summed E-state index contributed by atoms with van der Waals surface area (Å²) in [4.78, 5) is 0. The molecule has 0 bridgehead atoms. The largest absolute Gasteiger partial charge is 0.505 e. The van der Waals surface area contributed by atoms with Crippen LogP contribution in [-0.4, -0.2) is 5.11 Å². The SMILES string of the molecule is CC(C)[C@@H](N)c1ccc(F)c(O)c1.Cl. The van der Waals surface area contributed by atoms with Gasteiger partial charge in [-0.15, -0.1) is 12.4 Å². The van der Waals surface area contributed by atoms with Gasteiger partial charge in [-0.05, 0) is 23.6 Å². The van der Waals surface area contributed by atoms with Gasteiger partial charge in [-0.3, -0.25) is 0 Å². The second kappa shape index (κ2) is 5.17. The molecule has 0 spiro atoms. The fraction of sp³-hybridized carbons (Fsp3) is 0.400. The molecule has 1 rings (SSSR count). The first-order valence-corrected chi connectivity index (χ1v) is 4.26.